The maximum atomic E-state index is 11.3. The zero-order valence-corrected chi connectivity index (χ0v) is 11.3. The Morgan fingerprint density at radius 2 is 2.31 bits per heavy atom. The second kappa shape index (κ2) is 6.13. The molecule has 1 atom stereocenters. The smallest absolute Gasteiger partial charge is 0.223 e. The standard InChI is InChI=1S/C11H21N3OS/c1-8(2)9-7-16-11(13-9)12-6-5-10(15)14(3)4/h8-9H,5-7H2,1-4H3,(H,12,13). The number of rotatable bonds is 4. The molecule has 0 aromatic heterocycles. The highest BCUT2D eigenvalue weighted by molar-refractivity contribution is 8.14. The van der Waals surface area contributed by atoms with Gasteiger partial charge in [-0.1, -0.05) is 25.6 Å². The van der Waals surface area contributed by atoms with Crippen LogP contribution in [0.15, 0.2) is 4.99 Å². The number of nitrogens with zero attached hydrogens (tertiary/aromatic N) is 2. The van der Waals surface area contributed by atoms with E-state index in [9.17, 15) is 4.79 Å². The molecule has 1 fully saturated rings. The lowest BCUT2D eigenvalue weighted by molar-refractivity contribution is -0.128. The van der Waals surface area contributed by atoms with Gasteiger partial charge in [0.2, 0.25) is 5.91 Å². The van der Waals surface area contributed by atoms with E-state index < -0.39 is 0 Å². The van der Waals surface area contributed by atoms with E-state index in [0.717, 1.165) is 10.9 Å². The molecular formula is C11H21N3OS. The number of amides is 1. The zero-order chi connectivity index (χ0) is 12.1. The van der Waals surface area contributed by atoms with E-state index in [0.29, 0.717) is 24.9 Å². The van der Waals surface area contributed by atoms with Gasteiger partial charge in [-0.2, -0.15) is 0 Å². The molecule has 1 unspecified atom stereocenters. The summed E-state index contributed by atoms with van der Waals surface area (Å²) in [6.45, 7) is 4.99. The minimum atomic E-state index is 0.132. The van der Waals surface area contributed by atoms with E-state index in [-0.39, 0.29) is 5.91 Å². The van der Waals surface area contributed by atoms with Gasteiger partial charge in [-0.3, -0.25) is 9.79 Å². The lowest BCUT2D eigenvalue weighted by atomic mass is 10.1. The van der Waals surface area contributed by atoms with Crippen LogP contribution in [0.5, 0.6) is 0 Å². The predicted molar refractivity (Wildman–Crippen MR) is 69.8 cm³/mol. The van der Waals surface area contributed by atoms with Gasteiger partial charge in [0.15, 0.2) is 5.17 Å². The molecule has 0 radical (unpaired) electrons. The average Bonchev–Trinajstić information content (AvgIpc) is 2.66. The highest BCUT2D eigenvalue weighted by atomic mass is 32.2. The van der Waals surface area contributed by atoms with Gasteiger partial charge < -0.3 is 10.2 Å². The SMILES string of the molecule is CC(C)C1CSC(=NCCC(=O)N(C)C)N1. The molecule has 1 aliphatic heterocycles. The van der Waals surface area contributed by atoms with Crippen molar-refractivity contribution in [3.8, 4) is 0 Å². The third kappa shape index (κ3) is 4.04. The molecule has 1 amide bonds. The van der Waals surface area contributed by atoms with Crippen LogP contribution in [0.2, 0.25) is 0 Å². The van der Waals surface area contributed by atoms with Crippen LogP contribution in [0.1, 0.15) is 20.3 Å². The number of carbonyl (C=O) groups is 1. The molecule has 1 heterocycles. The predicted octanol–water partition coefficient (Wildman–Crippen LogP) is 1.18. The van der Waals surface area contributed by atoms with Crippen molar-refractivity contribution in [3.05, 3.63) is 0 Å². The molecule has 0 bridgehead atoms. The third-order valence-corrected chi connectivity index (χ3v) is 3.64. The average molecular weight is 243 g/mol. The van der Waals surface area contributed by atoms with Crippen molar-refractivity contribution in [3.63, 3.8) is 0 Å². The molecule has 5 heteroatoms. The summed E-state index contributed by atoms with van der Waals surface area (Å²) in [6.07, 6.45) is 0.491. The Kier molecular flexibility index (Phi) is 5.12. The highest BCUT2D eigenvalue weighted by Crippen LogP contribution is 2.18. The van der Waals surface area contributed by atoms with Crippen LogP contribution in [0, 0.1) is 5.92 Å². The molecule has 1 N–H and O–H groups in total. The number of amidine groups is 1. The lowest BCUT2D eigenvalue weighted by Gasteiger charge is -2.13. The number of hydrogen-bond acceptors (Lipinski definition) is 3. The Labute approximate surface area is 102 Å². The van der Waals surface area contributed by atoms with E-state index in [1.165, 1.54) is 0 Å². The van der Waals surface area contributed by atoms with E-state index in [1.54, 1.807) is 30.8 Å². The Balaban J connectivity index is 2.29. The van der Waals surface area contributed by atoms with Crippen molar-refractivity contribution in [2.24, 2.45) is 10.9 Å². The Bertz CT molecular complexity index is 276. The van der Waals surface area contributed by atoms with Gasteiger partial charge in [-0.05, 0) is 5.92 Å². The van der Waals surface area contributed by atoms with Crippen LogP contribution in [0.4, 0.5) is 0 Å². The van der Waals surface area contributed by atoms with Gasteiger partial charge in [0.1, 0.15) is 0 Å². The van der Waals surface area contributed by atoms with Crippen molar-refractivity contribution >= 4 is 22.8 Å². The van der Waals surface area contributed by atoms with E-state index >= 15 is 0 Å². The summed E-state index contributed by atoms with van der Waals surface area (Å²) >= 11 is 1.75. The molecule has 4 nitrogen and oxygen atoms in total. The normalized spacial score (nSPS) is 22.6. The van der Waals surface area contributed by atoms with Crippen molar-refractivity contribution in [1.29, 1.82) is 0 Å². The van der Waals surface area contributed by atoms with Gasteiger partial charge in [0, 0.05) is 32.3 Å². The number of hydrogen-bond donors (Lipinski definition) is 1. The van der Waals surface area contributed by atoms with Gasteiger partial charge in [-0.15, -0.1) is 0 Å². The quantitative estimate of drug-likeness (QED) is 0.806. The summed E-state index contributed by atoms with van der Waals surface area (Å²) in [5.74, 6) is 1.84. The first kappa shape index (κ1) is 13.4. The van der Waals surface area contributed by atoms with Crippen molar-refractivity contribution < 1.29 is 4.79 Å². The van der Waals surface area contributed by atoms with Crippen molar-refractivity contribution in [2.75, 3.05) is 26.4 Å². The third-order valence-electron chi connectivity index (χ3n) is 2.59. The van der Waals surface area contributed by atoms with E-state index in [2.05, 4.69) is 24.2 Å². The van der Waals surface area contributed by atoms with Crippen LogP contribution in [-0.2, 0) is 4.79 Å². The largest absolute Gasteiger partial charge is 0.361 e. The first-order valence-corrected chi connectivity index (χ1v) is 6.63. The Morgan fingerprint density at radius 1 is 1.62 bits per heavy atom. The molecule has 0 aliphatic carbocycles. The summed E-state index contributed by atoms with van der Waals surface area (Å²) in [5.41, 5.74) is 0. The number of aliphatic imine (C=N–C) groups is 1. The molecule has 92 valence electrons. The topological polar surface area (TPSA) is 44.7 Å². The van der Waals surface area contributed by atoms with Gasteiger partial charge >= 0.3 is 0 Å². The number of thioether (sulfide) groups is 1. The van der Waals surface area contributed by atoms with Gasteiger partial charge in [0.25, 0.3) is 0 Å². The minimum Gasteiger partial charge on any atom is -0.361 e. The molecule has 1 aliphatic rings. The second-order valence-electron chi connectivity index (χ2n) is 4.53. The summed E-state index contributed by atoms with van der Waals surface area (Å²) in [4.78, 5) is 17.3. The Hall–Kier alpha value is -0.710. The lowest BCUT2D eigenvalue weighted by Crippen LogP contribution is -2.31. The molecule has 1 rings (SSSR count). The maximum absolute atomic E-state index is 11.3. The fraction of sp³-hybridized carbons (Fsp3) is 0.818. The van der Waals surface area contributed by atoms with E-state index in [4.69, 9.17) is 0 Å². The maximum Gasteiger partial charge on any atom is 0.223 e. The highest BCUT2D eigenvalue weighted by Gasteiger charge is 2.22. The molecule has 0 aromatic carbocycles. The summed E-state index contributed by atoms with van der Waals surface area (Å²) in [7, 11) is 3.54. The Morgan fingerprint density at radius 3 is 2.81 bits per heavy atom. The zero-order valence-electron chi connectivity index (χ0n) is 10.5. The fourth-order valence-corrected chi connectivity index (χ4v) is 2.56. The molecule has 0 spiro atoms. The first-order chi connectivity index (χ1) is 7.50. The van der Waals surface area contributed by atoms with E-state index in [1.807, 2.05) is 0 Å². The molecule has 0 aromatic rings. The van der Waals surface area contributed by atoms with Crippen LogP contribution >= 0.6 is 11.8 Å². The summed E-state index contributed by atoms with van der Waals surface area (Å²) in [5, 5.41) is 4.37. The van der Waals surface area contributed by atoms with Crippen LogP contribution in [0.3, 0.4) is 0 Å². The van der Waals surface area contributed by atoms with Crippen molar-refractivity contribution in [2.45, 2.75) is 26.3 Å². The fourth-order valence-electron chi connectivity index (χ4n) is 1.34. The van der Waals surface area contributed by atoms with Crippen molar-refractivity contribution in [1.82, 2.24) is 10.2 Å². The number of carbonyl (C=O) groups excluding carboxylic acids is 1. The second-order valence-corrected chi connectivity index (χ2v) is 5.54. The van der Waals surface area contributed by atoms with Crippen LogP contribution in [0.25, 0.3) is 0 Å². The molecule has 1 saturated heterocycles. The summed E-state index contributed by atoms with van der Waals surface area (Å²) in [6, 6.07) is 0.522. The molecular weight excluding hydrogens is 222 g/mol. The van der Waals surface area contributed by atoms with Gasteiger partial charge in [-0.25, -0.2) is 0 Å². The minimum absolute atomic E-state index is 0.132. The molecule has 0 saturated carbocycles. The number of nitrogens with one attached hydrogen (secondary N) is 1. The molecule has 16 heavy (non-hydrogen) atoms. The van der Waals surface area contributed by atoms with Crippen LogP contribution < -0.4 is 5.32 Å². The van der Waals surface area contributed by atoms with Crippen LogP contribution in [-0.4, -0.2) is 48.4 Å². The first-order valence-electron chi connectivity index (χ1n) is 5.64. The monoisotopic (exact) mass is 243 g/mol. The van der Waals surface area contributed by atoms with Gasteiger partial charge in [0.05, 0.1) is 6.54 Å². The summed E-state index contributed by atoms with van der Waals surface area (Å²) < 4.78 is 0.